The van der Waals surface area contributed by atoms with Crippen LogP contribution in [0.25, 0.3) is 0 Å². The molecule has 0 aromatic heterocycles. The molecule has 0 bridgehead atoms. The molecule has 2 N–H and O–H groups in total. The highest BCUT2D eigenvalue weighted by Gasteiger charge is 2.20. The highest BCUT2D eigenvalue weighted by Crippen LogP contribution is 2.00. The van der Waals surface area contributed by atoms with Gasteiger partial charge in [-0.25, -0.2) is 0 Å². The van der Waals surface area contributed by atoms with Gasteiger partial charge in [0.1, 0.15) is 0 Å². The minimum Gasteiger partial charge on any atom is -0.426 e. The Morgan fingerprint density at radius 1 is 0.842 bits per heavy atom. The molecule has 3 heteroatoms. The second-order valence-electron chi connectivity index (χ2n) is 4.86. The van der Waals surface area contributed by atoms with Gasteiger partial charge >= 0.3 is 6.92 Å². The fourth-order valence-electron chi connectivity index (χ4n) is 2.05. The molecule has 0 amide bonds. The Balaban J connectivity index is 2.29. The first-order chi connectivity index (χ1) is 9.20. The molecule has 0 aliphatic heterocycles. The van der Waals surface area contributed by atoms with Crippen molar-refractivity contribution in [1.82, 2.24) is 0 Å². The molecular weight excluding hydrogens is 233 g/mol. The van der Waals surface area contributed by atoms with Crippen molar-refractivity contribution in [3.8, 4) is 0 Å². The number of nitrogens with two attached hydrogens (primary N) is 1. The molecule has 2 rings (SSSR count). The summed E-state index contributed by atoms with van der Waals surface area (Å²) in [5.41, 5.74) is 10.4. The Morgan fingerprint density at radius 2 is 1.26 bits per heavy atom. The van der Waals surface area contributed by atoms with Crippen LogP contribution < -0.4 is 16.7 Å². The Bertz CT molecular complexity index is 462. The van der Waals surface area contributed by atoms with Crippen molar-refractivity contribution in [2.45, 2.75) is 13.8 Å². The number of hydrogen-bond donors (Lipinski definition) is 1. The molecule has 0 atom stereocenters. The van der Waals surface area contributed by atoms with E-state index in [1.165, 1.54) is 22.1 Å². The van der Waals surface area contributed by atoms with Gasteiger partial charge in [-0.1, -0.05) is 59.7 Å². The van der Waals surface area contributed by atoms with Crippen molar-refractivity contribution in [2.24, 2.45) is 5.73 Å². The zero-order valence-electron chi connectivity index (χ0n) is 11.6. The van der Waals surface area contributed by atoms with Crippen molar-refractivity contribution >= 4 is 17.8 Å². The van der Waals surface area contributed by atoms with Crippen molar-refractivity contribution in [1.29, 1.82) is 0 Å². The van der Waals surface area contributed by atoms with Crippen LogP contribution in [-0.4, -0.2) is 20.1 Å². The van der Waals surface area contributed by atoms with Gasteiger partial charge in [-0.05, 0) is 24.8 Å². The average Bonchev–Trinajstić information content (AvgIpc) is 2.43. The number of rotatable bonds is 5. The lowest BCUT2D eigenvalue weighted by atomic mass is 9.55. The summed E-state index contributed by atoms with van der Waals surface area (Å²) in [6.07, 6.45) is 0. The predicted octanol–water partition coefficient (Wildman–Crippen LogP) is 1.38. The molecule has 2 aromatic carbocycles. The van der Waals surface area contributed by atoms with Crippen molar-refractivity contribution in [3.05, 3.63) is 59.7 Å². The third kappa shape index (κ3) is 3.69. The molecule has 2 aromatic rings. The molecule has 0 saturated carbocycles. The molecule has 0 aliphatic rings. The maximum atomic E-state index is 5.92. The van der Waals surface area contributed by atoms with Gasteiger partial charge in [0.25, 0.3) is 0 Å². The summed E-state index contributed by atoms with van der Waals surface area (Å²) in [7, 11) is 0. The summed E-state index contributed by atoms with van der Waals surface area (Å²) in [5.74, 6) is 0. The Morgan fingerprint density at radius 3 is 1.63 bits per heavy atom. The Labute approximate surface area is 115 Å². The summed E-state index contributed by atoms with van der Waals surface area (Å²) in [5, 5.41) is 0. The van der Waals surface area contributed by atoms with Crippen molar-refractivity contribution in [3.63, 3.8) is 0 Å². The second kappa shape index (κ2) is 6.55. The molecule has 0 aliphatic carbocycles. The third-order valence-corrected chi connectivity index (χ3v) is 3.16. The summed E-state index contributed by atoms with van der Waals surface area (Å²) in [6.45, 7) is 5.24. The summed E-state index contributed by atoms with van der Waals surface area (Å²) >= 11 is 0. The van der Waals surface area contributed by atoms with Crippen LogP contribution in [0.4, 0.5) is 0 Å². The smallest absolute Gasteiger partial charge is 0.361 e. The van der Waals surface area contributed by atoms with E-state index >= 15 is 0 Å². The molecule has 19 heavy (non-hydrogen) atoms. The van der Waals surface area contributed by atoms with E-state index in [0.717, 1.165) is 0 Å². The standard InChI is InChI=1S/C16H20BNO/c1-13-3-7-15(8-4-13)17(19-12-11-18)16-9-5-14(2)6-10-16/h3-10H,11-12,18H2,1-2H3. The van der Waals surface area contributed by atoms with Gasteiger partial charge in [-0.3, -0.25) is 0 Å². The van der Waals surface area contributed by atoms with E-state index < -0.39 is 0 Å². The largest absolute Gasteiger partial charge is 0.426 e. The van der Waals surface area contributed by atoms with Crippen molar-refractivity contribution in [2.75, 3.05) is 13.2 Å². The van der Waals surface area contributed by atoms with Gasteiger partial charge in [-0.2, -0.15) is 0 Å². The Hall–Kier alpha value is -1.58. The minimum absolute atomic E-state index is 0.0373. The molecule has 0 radical (unpaired) electrons. The van der Waals surface area contributed by atoms with Crippen LogP contribution in [0, 0.1) is 13.8 Å². The van der Waals surface area contributed by atoms with Crippen LogP contribution in [-0.2, 0) is 4.65 Å². The topological polar surface area (TPSA) is 35.2 Å². The van der Waals surface area contributed by atoms with Crippen LogP contribution in [0.1, 0.15) is 11.1 Å². The quantitative estimate of drug-likeness (QED) is 0.817. The first-order valence-corrected chi connectivity index (χ1v) is 6.65. The van der Waals surface area contributed by atoms with Gasteiger partial charge in [-0.15, -0.1) is 0 Å². The fourth-order valence-corrected chi connectivity index (χ4v) is 2.05. The van der Waals surface area contributed by atoms with Gasteiger partial charge in [0.15, 0.2) is 0 Å². The molecule has 0 heterocycles. The third-order valence-electron chi connectivity index (χ3n) is 3.16. The summed E-state index contributed by atoms with van der Waals surface area (Å²) in [4.78, 5) is 0. The van der Waals surface area contributed by atoms with Crippen LogP contribution in [0.15, 0.2) is 48.5 Å². The van der Waals surface area contributed by atoms with Crippen LogP contribution in [0.2, 0.25) is 0 Å². The molecular formula is C16H20BNO. The van der Waals surface area contributed by atoms with E-state index in [1.54, 1.807) is 0 Å². The molecule has 0 spiro atoms. The van der Waals surface area contributed by atoms with E-state index in [-0.39, 0.29) is 6.92 Å². The van der Waals surface area contributed by atoms with E-state index in [2.05, 4.69) is 62.4 Å². The summed E-state index contributed by atoms with van der Waals surface area (Å²) < 4.78 is 5.92. The second-order valence-corrected chi connectivity index (χ2v) is 4.86. The van der Waals surface area contributed by atoms with E-state index in [9.17, 15) is 0 Å². The highest BCUT2D eigenvalue weighted by atomic mass is 16.4. The first-order valence-electron chi connectivity index (χ1n) is 6.65. The average molecular weight is 253 g/mol. The van der Waals surface area contributed by atoms with Gasteiger partial charge in [0.2, 0.25) is 0 Å². The number of aryl methyl sites for hydroxylation is 2. The van der Waals surface area contributed by atoms with E-state index in [4.69, 9.17) is 10.4 Å². The summed E-state index contributed by atoms with van der Waals surface area (Å²) in [6, 6.07) is 16.9. The molecule has 0 saturated heterocycles. The van der Waals surface area contributed by atoms with Crippen LogP contribution >= 0.6 is 0 Å². The lowest BCUT2D eigenvalue weighted by Gasteiger charge is -2.15. The van der Waals surface area contributed by atoms with Crippen LogP contribution in [0.5, 0.6) is 0 Å². The monoisotopic (exact) mass is 253 g/mol. The Kier molecular flexibility index (Phi) is 4.77. The normalized spacial score (nSPS) is 10.5. The van der Waals surface area contributed by atoms with Gasteiger partial charge in [0, 0.05) is 13.2 Å². The first kappa shape index (κ1) is 13.8. The maximum absolute atomic E-state index is 5.92. The van der Waals surface area contributed by atoms with Crippen LogP contribution in [0.3, 0.4) is 0 Å². The number of hydrogen-bond acceptors (Lipinski definition) is 2. The lowest BCUT2D eigenvalue weighted by molar-refractivity contribution is 0.344. The fraction of sp³-hybridized carbons (Fsp3) is 0.250. The van der Waals surface area contributed by atoms with Gasteiger partial charge in [0.05, 0.1) is 0 Å². The zero-order valence-corrected chi connectivity index (χ0v) is 11.6. The van der Waals surface area contributed by atoms with E-state index in [1.807, 2.05) is 0 Å². The zero-order chi connectivity index (χ0) is 13.7. The van der Waals surface area contributed by atoms with E-state index in [0.29, 0.717) is 13.2 Å². The minimum atomic E-state index is -0.0373. The molecule has 0 unspecified atom stereocenters. The van der Waals surface area contributed by atoms with Crippen molar-refractivity contribution < 1.29 is 4.65 Å². The highest BCUT2D eigenvalue weighted by molar-refractivity contribution is 6.80. The molecule has 2 nitrogen and oxygen atoms in total. The lowest BCUT2D eigenvalue weighted by Crippen LogP contribution is -2.45. The predicted molar refractivity (Wildman–Crippen MR) is 82.4 cm³/mol. The SMILES string of the molecule is Cc1ccc(B(OCCN)c2ccc(C)cc2)cc1. The number of benzene rings is 2. The van der Waals surface area contributed by atoms with Gasteiger partial charge < -0.3 is 10.4 Å². The molecule has 0 fully saturated rings. The maximum Gasteiger partial charge on any atom is 0.361 e. The molecule has 98 valence electrons.